The molecule has 0 aromatic carbocycles. The van der Waals surface area contributed by atoms with Crippen LogP contribution in [0.3, 0.4) is 0 Å². The predicted octanol–water partition coefficient (Wildman–Crippen LogP) is -0.522. The van der Waals surface area contributed by atoms with Gasteiger partial charge in [-0.3, -0.25) is 9.59 Å². The lowest BCUT2D eigenvalue weighted by molar-refractivity contribution is -0.138. The summed E-state index contributed by atoms with van der Waals surface area (Å²) in [5, 5.41) is 8.72. The van der Waals surface area contributed by atoms with Crippen molar-refractivity contribution in [2.75, 3.05) is 14.1 Å². The van der Waals surface area contributed by atoms with Crippen molar-refractivity contribution in [3.05, 3.63) is 18.0 Å². The number of carboxylic acids is 1. The Balaban J connectivity index is 3.13. The van der Waals surface area contributed by atoms with Crippen LogP contribution in [-0.2, 0) is 21.9 Å². The summed E-state index contributed by atoms with van der Waals surface area (Å²) in [5.41, 5.74) is 0.193. The smallest absolute Gasteiger partial charge is 0.321 e. The standard InChI is InChI=1S/C11H17N3O5S/c1-7(11(16)17)12-20(18,19)8-5-9(14(4)6-8)10(15)13(2)3/h5-7,12H,1-4H3,(H,16,17)/t7-/m0/s1. The number of carbonyl (C=O) groups is 2. The minimum Gasteiger partial charge on any atom is -0.480 e. The number of nitrogens with one attached hydrogen (secondary N) is 1. The Kier molecular flexibility index (Phi) is 4.56. The molecule has 8 nitrogen and oxygen atoms in total. The number of carbonyl (C=O) groups excluding carboxylic acids is 1. The van der Waals surface area contributed by atoms with Gasteiger partial charge in [-0.15, -0.1) is 0 Å². The Bertz CT molecular complexity index is 632. The molecule has 9 heteroatoms. The molecule has 20 heavy (non-hydrogen) atoms. The third kappa shape index (κ3) is 3.36. The molecule has 0 radical (unpaired) electrons. The van der Waals surface area contributed by atoms with Crippen LogP contribution >= 0.6 is 0 Å². The lowest BCUT2D eigenvalue weighted by atomic mass is 10.4. The molecule has 112 valence electrons. The van der Waals surface area contributed by atoms with Crippen molar-refractivity contribution in [2.24, 2.45) is 7.05 Å². The fourth-order valence-corrected chi connectivity index (χ4v) is 2.74. The minimum atomic E-state index is -3.99. The summed E-state index contributed by atoms with van der Waals surface area (Å²) in [4.78, 5) is 23.7. The molecule has 0 saturated carbocycles. The van der Waals surface area contributed by atoms with Crippen LogP contribution in [0.25, 0.3) is 0 Å². The van der Waals surface area contributed by atoms with E-state index in [1.807, 2.05) is 4.72 Å². The summed E-state index contributed by atoms with van der Waals surface area (Å²) < 4.78 is 27.4. The van der Waals surface area contributed by atoms with E-state index < -0.39 is 22.0 Å². The van der Waals surface area contributed by atoms with Gasteiger partial charge in [-0.05, 0) is 13.0 Å². The number of hydrogen-bond donors (Lipinski definition) is 2. The lowest BCUT2D eigenvalue weighted by Crippen LogP contribution is -2.38. The molecule has 0 bridgehead atoms. The number of sulfonamides is 1. The SMILES string of the molecule is C[C@H](NS(=O)(=O)c1cc(C(=O)N(C)C)n(C)c1)C(=O)O. The molecule has 0 fully saturated rings. The van der Waals surface area contributed by atoms with Crippen molar-refractivity contribution >= 4 is 21.9 Å². The first-order valence-electron chi connectivity index (χ1n) is 5.69. The third-order valence-corrected chi connectivity index (χ3v) is 4.13. The first-order valence-corrected chi connectivity index (χ1v) is 7.17. The molecule has 0 spiro atoms. The second kappa shape index (κ2) is 5.63. The van der Waals surface area contributed by atoms with Crippen LogP contribution in [0.4, 0.5) is 0 Å². The zero-order valence-corrected chi connectivity index (χ0v) is 12.4. The Morgan fingerprint density at radius 2 is 1.95 bits per heavy atom. The molecule has 0 aliphatic rings. The van der Waals surface area contributed by atoms with Crippen molar-refractivity contribution < 1.29 is 23.1 Å². The van der Waals surface area contributed by atoms with Crippen molar-refractivity contribution in [3.8, 4) is 0 Å². The third-order valence-electron chi connectivity index (χ3n) is 2.62. The highest BCUT2D eigenvalue weighted by Gasteiger charge is 2.25. The highest BCUT2D eigenvalue weighted by atomic mass is 32.2. The molecular formula is C11H17N3O5S. The molecule has 0 saturated heterocycles. The van der Waals surface area contributed by atoms with Crippen LogP contribution in [-0.4, -0.2) is 55.0 Å². The normalized spacial score (nSPS) is 13.0. The lowest BCUT2D eigenvalue weighted by Gasteiger charge is -2.10. The first-order chi connectivity index (χ1) is 9.06. The molecule has 0 aliphatic carbocycles. The molecule has 1 rings (SSSR count). The van der Waals surface area contributed by atoms with E-state index in [1.54, 1.807) is 14.1 Å². The highest BCUT2D eigenvalue weighted by molar-refractivity contribution is 7.89. The van der Waals surface area contributed by atoms with Gasteiger partial charge in [0.1, 0.15) is 16.6 Å². The molecule has 0 unspecified atom stereocenters. The average molecular weight is 303 g/mol. The van der Waals surface area contributed by atoms with Gasteiger partial charge in [-0.1, -0.05) is 0 Å². The maximum atomic E-state index is 12.0. The van der Waals surface area contributed by atoms with Gasteiger partial charge in [-0.2, -0.15) is 4.72 Å². The van der Waals surface area contributed by atoms with Gasteiger partial charge in [0.25, 0.3) is 5.91 Å². The summed E-state index contributed by atoms with van der Waals surface area (Å²) in [5.74, 6) is -1.63. The van der Waals surface area contributed by atoms with Crippen molar-refractivity contribution in [1.29, 1.82) is 0 Å². The number of aliphatic carboxylic acids is 1. The molecule has 1 heterocycles. The van der Waals surface area contributed by atoms with Crippen LogP contribution in [0, 0.1) is 0 Å². The molecule has 2 N–H and O–H groups in total. The summed E-state index contributed by atoms with van der Waals surface area (Å²) in [6.45, 7) is 1.22. The summed E-state index contributed by atoms with van der Waals surface area (Å²) in [7, 11) is 0.650. The zero-order chi connectivity index (χ0) is 15.7. The van der Waals surface area contributed by atoms with Gasteiger partial charge in [-0.25, -0.2) is 8.42 Å². The number of hydrogen-bond acceptors (Lipinski definition) is 4. The molecule has 1 aromatic heterocycles. The van der Waals surface area contributed by atoms with E-state index in [2.05, 4.69) is 0 Å². The molecular weight excluding hydrogens is 286 g/mol. The van der Waals surface area contributed by atoms with Crippen LogP contribution in [0.15, 0.2) is 17.2 Å². The number of aromatic nitrogens is 1. The Morgan fingerprint density at radius 1 is 1.40 bits per heavy atom. The van der Waals surface area contributed by atoms with Crippen molar-refractivity contribution in [2.45, 2.75) is 17.9 Å². The number of rotatable bonds is 5. The van der Waals surface area contributed by atoms with Gasteiger partial charge in [0, 0.05) is 27.3 Å². The minimum absolute atomic E-state index is 0.154. The van der Waals surface area contributed by atoms with Gasteiger partial charge in [0.05, 0.1) is 0 Å². The van der Waals surface area contributed by atoms with E-state index in [0.717, 1.165) is 0 Å². The van der Waals surface area contributed by atoms with E-state index in [1.165, 1.54) is 35.7 Å². The van der Waals surface area contributed by atoms with Gasteiger partial charge >= 0.3 is 5.97 Å². The molecule has 1 aromatic rings. The van der Waals surface area contributed by atoms with Gasteiger partial charge in [0.2, 0.25) is 10.0 Å². The van der Waals surface area contributed by atoms with Crippen LogP contribution in [0.1, 0.15) is 17.4 Å². The van der Waals surface area contributed by atoms with Crippen molar-refractivity contribution in [1.82, 2.24) is 14.2 Å². The number of aryl methyl sites for hydroxylation is 1. The molecule has 1 amide bonds. The van der Waals surface area contributed by atoms with Crippen LogP contribution < -0.4 is 4.72 Å². The van der Waals surface area contributed by atoms with Gasteiger partial charge in [0.15, 0.2) is 0 Å². The Hall–Kier alpha value is -1.87. The van der Waals surface area contributed by atoms with E-state index >= 15 is 0 Å². The highest BCUT2D eigenvalue weighted by Crippen LogP contribution is 2.15. The summed E-state index contributed by atoms with van der Waals surface area (Å²) >= 11 is 0. The largest absolute Gasteiger partial charge is 0.480 e. The van der Waals surface area contributed by atoms with Crippen molar-refractivity contribution in [3.63, 3.8) is 0 Å². The number of amides is 1. The average Bonchev–Trinajstić information content (AvgIpc) is 2.70. The van der Waals surface area contributed by atoms with Crippen LogP contribution in [0.5, 0.6) is 0 Å². The second-order valence-electron chi connectivity index (χ2n) is 4.55. The van der Waals surface area contributed by atoms with Gasteiger partial charge < -0.3 is 14.6 Å². The second-order valence-corrected chi connectivity index (χ2v) is 6.27. The maximum absolute atomic E-state index is 12.0. The van der Waals surface area contributed by atoms with E-state index in [9.17, 15) is 18.0 Å². The van der Waals surface area contributed by atoms with E-state index in [4.69, 9.17) is 5.11 Å². The van der Waals surface area contributed by atoms with Crippen LogP contribution in [0.2, 0.25) is 0 Å². The van der Waals surface area contributed by atoms with E-state index in [-0.39, 0.29) is 16.5 Å². The maximum Gasteiger partial charge on any atom is 0.321 e. The number of nitrogens with zero attached hydrogens (tertiary/aromatic N) is 2. The first kappa shape index (κ1) is 16.2. The fourth-order valence-electron chi connectivity index (χ4n) is 1.47. The quantitative estimate of drug-likeness (QED) is 0.760. The topological polar surface area (TPSA) is 109 Å². The summed E-state index contributed by atoms with van der Waals surface area (Å²) in [6.07, 6.45) is 1.26. The monoisotopic (exact) mass is 303 g/mol. The fraction of sp³-hybridized carbons (Fsp3) is 0.455. The molecule has 1 atom stereocenters. The summed E-state index contributed by atoms with van der Waals surface area (Å²) in [6, 6.07) is -0.0487. The Morgan fingerprint density at radius 3 is 2.40 bits per heavy atom. The molecule has 0 aliphatic heterocycles. The Labute approximate surface area is 117 Å². The zero-order valence-electron chi connectivity index (χ0n) is 11.6. The number of carboxylic acid groups (broad SMARTS) is 1. The predicted molar refractivity (Wildman–Crippen MR) is 70.8 cm³/mol. The van der Waals surface area contributed by atoms with E-state index in [0.29, 0.717) is 0 Å².